The standard InChI is InChI=1S/C14H28N2O4/c1-5-14(6-2,12(17)18)11-15-13(19)16(7-3)9-10-20-8-4/h5-11H2,1-4H3,(H,15,19)(H,17,18). The largest absolute Gasteiger partial charge is 0.481 e. The second-order valence-electron chi connectivity index (χ2n) is 4.73. The maximum Gasteiger partial charge on any atom is 0.317 e. The number of carbonyl (C=O) groups excluding carboxylic acids is 1. The fourth-order valence-corrected chi connectivity index (χ4v) is 1.96. The third-order valence-corrected chi connectivity index (χ3v) is 3.76. The Balaban J connectivity index is 4.45. The third kappa shape index (κ3) is 5.36. The summed E-state index contributed by atoms with van der Waals surface area (Å²) in [7, 11) is 0. The SMILES string of the molecule is CCOCCN(CC)C(=O)NCC(CC)(CC)C(=O)O. The first-order valence-corrected chi connectivity index (χ1v) is 7.31. The quantitative estimate of drug-likeness (QED) is 0.602. The minimum atomic E-state index is -0.880. The molecule has 2 amide bonds. The Morgan fingerprint density at radius 2 is 1.80 bits per heavy atom. The highest BCUT2D eigenvalue weighted by atomic mass is 16.5. The molecule has 6 heteroatoms. The molecule has 6 nitrogen and oxygen atoms in total. The summed E-state index contributed by atoms with van der Waals surface area (Å²) in [5.41, 5.74) is -0.880. The van der Waals surface area contributed by atoms with Crippen LogP contribution >= 0.6 is 0 Å². The molecule has 0 aromatic rings. The van der Waals surface area contributed by atoms with E-state index in [0.29, 0.717) is 39.1 Å². The molecule has 0 aliphatic rings. The number of hydrogen-bond acceptors (Lipinski definition) is 3. The Morgan fingerprint density at radius 1 is 1.20 bits per heavy atom. The highest BCUT2D eigenvalue weighted by Crippen LogP contribution is 2.25. The predicted octanol–water partition coefficient (Wildman–Crippen LogP) is 1.95. The van der Waals surface area contributed by atoms with E-state index in [2.05, 4.69) is 5.32 Å². The number of carboxylic acids is 1. The molecule has 0 bridgehead atoms. The smallest absolute Gasteiger partial charge is 0.317 e. The number of nitrogens with one attached hydrogen (secondary N) is 1. The fraction of sp³-hybridized carbons (Fsp3) is 0.857. The number of amides is 2. The molecule has 0 aromatic carbocycles. The maximum absolute atomic E-state index is 12.0. The van der Waals surface area contributed by atoms with Crippen LogP contribution in [0.3, 0.4) is 0 Å². The van der Waals surface area contributed by atoms with E-state index in [9.17, 15) is 14.7 Å². The van der Waals surface area contributed by atoms with Crippen molar-refractivity contribution in [1.82, 2.24) is 10.2 Å². The summed E-state index contributed by atoms with van der Waals surface area (Å²) < 4.78 is 5.23. The van der Waals surface area contributed by atoms with E-state index < -0.39 is 11.4 Å². The first kappa shape index (κ1) is 18.7. The Morgan fingerprint density at radius 3 is 2.20 bits per heavy atom. The number of urea groups is 1. The topological polar surface area (TPSA) is 78.9 Å². The van der Waals surface area contributed by atoms with Crippen LogP contribution in [0, 0.1) is 5.41 Å². The molecule has 20 heavy (non-hydrogen) atoms. The van der Waals surface area contributed by atoms with E-state index in [1.165, 1.54) is 0 Å². The molecule has 2 N–H and O–H groups in total. The zero-order chi connectivity index (χ0) is 15.6. The number of carbonyl (C=O) groups is 2. The monoisotopic (exact) mass is 288 g/mol. The van der Waals surface area contributed by atoms with Crippen molar-refractivity contribution >= 4 is 12.0 Å². The molecule has 0 aromatic heterocycles. The number of aliphatic carboxylic acids is 1. The van der Waals surface area contributed by atoms with Crippen LogP contribution in [-0.4, -0.2) is 54.9 Å². The minimum absolute atomic E-state index is 0.152. The molecule has 0 aliphatic carbocycles. The Kier molecular flexibility index (Phi) is 8.96. The van der Waals surface area contributed by atoms with Crippen LogP contribution in [-0.2, 0) is 9.53 Å². The molecule has 0 rings (SSSR count). The molecule has 0 aliphatic heterocycles. The van der Waals surface area contributed by atoms with E-state index in [1.54, 1.807) is 4.90 Å². The summed E-state index contributed by atoms with van der Waals surface area (Å²) in [6.07, 6.45) is 0.981. The molecule has 0 spiro atoms. The van der Waals surface area contributed by atoms with Crippen LogP contribution in [0.2, 0.25) is 0 Å². The van der Waals surface area contributed by atoms with Gasteiger partial charge in [-0.2, -0.15) is 0 Å². The van der Waals surface area contributed by atoms with Crippen LogP contribution in [0.1, 0.15) is 40.5 Å². The highest BCUT2D eigenvalue weighted by molar-refractivity contribution is 5.78. The summed E-state index contributed by atoms with van der Waals surface area (Å²) in [4.78, 5) is 25.0. The Hall–Kier alpha value is -1.30. The van der Waals surface area contributed by atoms with Gasteiger partial charge in [-0.3, -0.25) is 4.79 Å². The van der Waals surface area contributed by atoms with Gasteiger partial charge in [0.1, 0.15) is 0 Å². The van der Waals surface area contributed by atoms with E-state index in [-0.39, 0.29) is 12.6 Å². The molecular weight excluding hydrogens is 260 g/mol. The van der Waals surface area contributed by atoms with Gasteiger partial charge in [0.15, 0.2) is 0 Å². The Bertz CT molecular complexity index is 304. The van der Waals surface area contributed by atoms with Crippen molar-refractivity contribution < 1.29 is 19.4 Å². The number of carboxylic acid groups (broad SMARTS) is 1. The average Bonchev–Trinajstić information content (AvgIpc) is 2.44. The van der Waals surface area contributed by atoms with Crippen molar-refractivity contribution in [3.05, 3.63) is 0 Å². The molecule has 0 unspecified atom stereocenters. The van der Waals surface area contributed by atoms with Gasteiger partial charge in [-0.15, -0.1) is 0 Å². The van der Waals surface area contributed by atoms with Crippen LogP contribution in [0.4, 0.5) is 4.79 Å². The summed E-state index contributed by atoms with van der Waals surface area (Å²) in [6.45, 7) is 9.78. The number of likely N-dealkylation sites (N-methyl/N-ethyl adjacent to an activating group) is 1. The molecule has 0 heterocycles. The van der Waals surface area contributed by atoms with Crippen molar-refractivity contribution in [2.24, 2.45) is 5.41 Å². The second-order valence-corrected chi connectivity index (χ2v) is 4.73. The van der Waals surface area contributed by atoms with Gasteiger partial charge in [-0.25, -0.2) is 4.79 Å². The van der Waals surface area contributed by atoms with E-state index in [4.69, 9.17) is 4.74 Å². The number of ether oxygens (including phenoxy) is 1. The molecule has 118 valence electrons. The summed E-state index contributed by atoms with van der Waals surface area (Å²) >= 11 is 0. The molecule has 0 radical (unpaired) electrons. The van der Waals surface area contributed by atoms with Gasteiger partial charge in [-0.05, 0) is 26.7 Å². The lowest BCUT2D eigenvalue weighted by molar-refractivity contribution is -0.149. The van der Waals surface area contributed by atoms with Gasteiger partial charge in [0.2, 0.25) is 0 Å². The summed E-state index contributed by atoms with van der Waals surface area (Å²) in [5.74, 6) is -0.861. The van der Waals surface area contributed by atoms with Gasteiger partial charge >= 0.3 is 12.0 Å². The Labute approximate surface area is 121 Å². The van der Waals surface area contributed by atoms with Crippen LogP contribution in [0.15, 0.2) is 0 Å². The van der Waals surface area contributed by atoms with Crippen molar-refractivity contribution in [2.75, 3.05) is 32.8 Å². The van der Waals surface area contributed by atoms with E-state index in [0.717, 1.165) is 0 Å². The van der Waals surface area contributed by atoms with Crippen LogP contribution in [0.25, 0.3) is 0 Å². The molecule has 0 saturated heterocycles. The van der Waals surface area contributed by atoms with Gasteiger partial charge in [0, 0.05) is 26.2 Å². The molecular formula is C14H28N2O4. The molecule has 0 atom stereocenters. The van der Waals surface area contributed by atoms with E-state index >= 15 is 0 Å². The lowest BCUT2D eigenvalue weighted by atomic mass is 9.82. The van der Waals surface area contributed by atoms with Crippen molar-refractivity contribution in [3.63, 3.8) is 0 Å². The van der Waals surface area contributed by atoms with Crippen molar-refractivity contribution in [2.45, 2.75) is 40.5 Å². The number of nitrogens with zero attached hydrogens (tertiary/aromatic N) is 1. The van der Waals surface area contributed by atoms with Gasteiger partial charge in [-0.1, -0.05) is 13.8 Å². The van der Waals surface area contributed by atoms with Crippen LogP contribution < -0.4 is 5.32 Å². The minimum Gasteiger partial charge on any atom is -0.481 e. The number of rotatable bonds is 10. The lowest BCUT2D eigenvalue weighted by Gasteiger charge is -2.29. The number of hydrogen-bond donors (Lipinski definition) is 2. The zero-order valence-electron chi connectivity index (χ0n) is 13.1. The maximum atomic E-state index is 12.0. The lowest BCUT2D eigenvalue weighted by Crippen LogP contribution is -2.48. The third-order valence-electron chi connectivity index (χ3n) is 3.76. The summed E-state index contributed by atoms with van der Waals surface area (Å²) in [5, 5.41) is 12.1. The van der Waals surface area contributed by atoms with Gasteiger partial charge in [0.25, 0.3) is 0 Å². The molecule has 0 saturated carbocycles. The van der Waals surface area contributed by atoms with E-state index in [1.807, 2.05) is 27.7 Å². The first-order valence-electron chi connectivity index (χ1n) is 7.31. The second kappa shape index (κ2) is 9.58. The summed E-state index contributed by atoms with van der Waals surface area (Å²) in [6, 6.07) is -0.236. The highest BCUT2D eigenvalue weighted by Gasteiger charge is 2.35. The van der Waals surface area contributed by atoms with Gasteiger partial charge < -0.3 is 20.1 Å². The van der Waals surface area contributed by atoms with Gasteiger partial charge in [0.05, 0.1) is 12.0 Å². The van der Waals surface area contributed by atoms with Crippen molar-refractivity contribution in [1.29, 1.82) is 0 Å². The van der Waals surface area contributed by atoms with Crippen molar-refractivity contribution in [3.8, 4) is 0 Å². The van der Waals surface area contributed by atoms with Crippen LogP contribution in [0.5, 0.6) is 0 Å². The molecule has 0 fully saturated rings. The first-order chi connectivity index (χ1) is 9.47. The average molecular weight is 288 g/mol. The normalized spacial score (nSPS) is 11.2. The predicted molar refractivity (Wildman–Crippen MR) is 77.8 cm³/mol. The fourth-order valence-electron chi connectivity index (χ4n) is 1.96. The zero-order valence-corrected chi connectivity index (χ0v) is 13.1.